The summed E-state index contributed by atoms with van der Waals surface area (Å²) < 4.78 is 33.6. The second-order valence-corrected chi connectivity index (χ2v) is 11.1. The lowest BCUT2D eigenvalue weighted by atomic mass is 10.2. The van der Waals surface area contributed by atoms with Crippen molar-refractivity contribution in [3.8, 4) is 0 Å². The largest absolute Gasteiger partial charge is 0.376 e. The van der Waals surface area contributed by atoms with Crippen LogP contribution in [0.1, 0.15) is 41.8 Å². The zero-order valence-electron chi connectivity index (χ0n) is 16.6. The number of thiophene rings is 1. The maximum atomic E-state index is 12.9. The van der Waals surface area contributed by atoms with Crippen molar-refractivity contribution in [2.45, 2.75) is 63.5 Å². The summed E-state index contributed by atoms with van der Waals surface area (Å²) in [5.74, 6) is 0.532. The molecule has 28 heavy (non-hydrogen) atoms. The number of ether oxygens (including phenoxy) is 1. The van der Waals surface area contributed by atoms with Crippen LogP contribution in [-0.4, -0.2) is 48.4 Å². The molecule has 6 nitrogen and oxygen atoms in total. The Bertz CT molecular complexity index is 909. The molecule has 8 heteroatoms. The molecular formula is C20H29N3O3S2. The molecule has 4 rings (SSSR count). The topological polar surface area (TPSA) is 64.4 Å². The molecule has 2 aliphatic rings. The van der Waals surface area contributed by atoms with Crippen LogP contribution in [0.4, 0.5) is 0 Å². The number of hydrogen-bond donors (Lipinski definition) is 0. The minimum Gasteiger partial charge on any atom is -0.376 e. The van der Waals surface area contributed by atoms with Crippen molar-refractivity contribution in [1.82, 2.24) is 14.5 Å². The number of aryl methyl sites for hydroxylation is 1. The number of rotatable bonds is 9. The minimum absolute atomic E-state index is 0.0765. The van der Waals surface area contributed by atoms with E-state index in [1.165, 1.54) is 10.4 Å². The van der Waals surface area contributed by atoms with Crippen LogP contribution in [0.3, 0.4) is 0 Å². The first-order valence-electron chi connectivity index (χ1n) is 10.0. The van der Waals surface area contributed by atoms with Gasteiger partial charge in [-0.1, -0.05) is 0 Å². The normalized spacial score (nSPS) is 20.3. The highest BCUT2D eigenvalue weighted by atomic mass is 32.2. The highest BCUT2D eigenvalue weighted by Crippen LogP contribution is 2.32. The van der Waals surface area contributed by atoms with Crippen LogP contribution in [0.25, 0.3) is 0 Å². The lowest BCUT2D eigenvalue weighted by molar-refractivity contribution is 0.0934. The lowest BCUT2D eigenvalue weighted by Crippen LogP contribution is -2.25. The van der Waals surface area contributed by atoms with Crippen molar-refractivity contribution in [3.63, 3.8) is 0 Å². The predicted octanol–water partition coefficient (Wildman–Crippen LogP) is 3.25. The molecular weight excluding hydrogens is 394 g/mol. The smallest absolute Gasteiger partial charge is 0.227 e. The van der Waals surface area contributed by atoms with Crippen molar-refractivity contribution >= 4 is 21.2 Å². The number of sulfone groups is 1. The second kappa shape index (κ2) is 8.26. The monoisotopic (exact) mass is 423 g/mol. The molecule has 1 aliphatic heterocycles. The van der Waals surface area contributed by atoms with E-state index in [-0.39, 0.29) is 17.0 Å². The highest BCUT2D eigenvalue weighted by molar-refractivity contribution is 7.91. The summed E-state index contributed by atoms with van der Waals surface area (Å²) in [6.45, 7) is 4.97. The van der Waals surface area contributed by atoms with E-state index in [1.54, 1.807) is 17.5 Å². The van der Waals surface area contributed by atoms with Crippen LogP contribution >= 0.6 is 11.3 Å². The molecule has 1 saturated heterocycles. The van der Waals surface area contributed by atoms with Gasteiger partial charge >= 0.3 is 0 Å². The van der Waals surface area contributed by atoms with Gasteiger partial charge in [-0.25, -0.2) is 13.4 Å². The highest BCUT2D eigenvalue weighted by Gasteiger charge is 2.33. The van der Waals surface area contributed by atoms with Crippen molar-refractivity contribution in [3.05, 3.63) is 33.8 Å². The Hall–Kier alpha value is -1.22. The van der Waals surface area contributed by atoms with Gasteiger partial charge in [0.25, 0.3) is 0 Å². The molecule has 0 radical (unpaired) electrons. The summed E-state index contributed by atoms with van der Waals surface area (Å²) in [4.78, 5) is 7.94. The first-order valence-corrected chi connectivity index (χ1v) is 12.6. The Morgan fingerprint density at radius 1 is 1.32 bits per heavy atom. The first kappa shape index (κ1) is 20.1. The summed E-state index contributed by atoms with van der Waals surface area (Å²) in [6, 6.07) is 2.14. The SMILES string of the molecule is Cc1ccsc1CN(C)Cc1cnc(S(=O)(=O)CC2CC2)n1C[C@H]1CCCO1. The molecule has 0 amide bonds. The fourth-order valence-corrected chi connectivity index (χ4v) is 6.60. The maximum Gasteiger partial charge on any atom is 0.227 e. The fourth-order valence-electron chi connectivity index (χ4n) is 3.77. The van der Waals surface area contributed by atoms with Crippen molar-refractivity contribution < 1.29 is 13.2 Å². The second-order valence-electron chi connectivity index (χ2n) is 8.20. The number of imidazole rings is 1. The number of hydrogen-bond acceptors (Lipinski definition) is 6. The van der Waals surface area contributed by atoms with Gasteiger partial charge in [0, 0.05) is 24.6 Å². The molecule has 154 valence electrons. The molecule has 2 aromatic heterocycles. The summed E-state index contributed by atoms with van der Waals surface area (Å²) in [7, 11) is -1.29. The third-order valence-corrected chi connectivity index (χ3v) is 8.36. The van der Waals surface area contributed by atoms with Gasteiger partial charge in [0.1, 0.15) is 0 Å². The van der Waals surface area contributed by atoms with E-state index in [2.05, 4.69) is 35.3 Å². The molecule has 0 spiro atoms. The van der Waals surface area contributed by atoms with E-state index in [0.717, 1.165) is 44.5 Å². The molecule has 2 aromatic rings. The number of aromatic nitrogens is 2. The van der Waals surface area contributed by atoms with Crippen LogP contribution in [0.5, 0.6) is 0 Å². The van der Waals surface area contributed by atoms with Crippen LogP contribution in [0.2, 0.25) is 0 Å². The average Bonchev–Trinajstić information content (AvgIpc) is 3.00. The molecule has 2 fully saturated rings. The molecule has 0 aromatic carbocycles. The third-order valence-electron chi connectivity index (χ3n) is 5.56. The third kappa shape index (κ3) is 4.67. The fraction of sp³-hybridized carbons (Fsp3) is 0.650. The molecule has 1 atom stereocenters. The van der Waals surface area contributed by atoms with E-state index in [4.69, 9.17) is 4.74 Å². The summed E-state index contributed by atoms with van der Waals surface area (Å²) in [5.41, 5.74) is 2.25. The Labute approximate surface area is 171 Å². The maximum absolute atomic E-state index is 12.9. The standard InChI is InChI=1S/C20H29N3O3S2/c1-15-7-9-27-19(15)13-22(2)11-17-10-21-20(28(24,25)14-16-5-6-16)23(17)12-18-4-3-8-26-18/h7,9-10,16,18H,3-6,8,11-14H2,1-2H3/t18-/m1/s1. The Morgan fingerprint density at radius 2 is 2.14 bits per heavy atom. The van der Waals surface area contributed by atoms with Gasteiger partial charge in [0.15, 0.2) is 0 Å². The molecule has 0 bridgehead atoms. The van der Waals surface area contributed by atoms with Crippen LogP contribution in [-0.2, 0) is 34.2 Å². The van der Waals surface area contributed by atoms with Crippen molar-refractivity contribution in [2.24, 2.45) is 5.92 Å². The predicted molar refractivity (Wildman–Crippen MR) is 110 cm³/mol. The molecule has 1 aliphatic carbocycles. The molecule has 0 unspecified atom stereocenters. The van der Waals surface area contributed by atoms with Gasteiger partial charge in [-0.15, -0.1) is 11.3 Å². The van der Waals surface area contributed by atoms with E-state index in [9.17, 15) is 8.42 Å². The van der Waals surface area contributed by atoms with E-state index in [1.807, 2.05) is 4.57 Å². The van der Waals surface area contributed by atoms with Gasteiger partial charge < -0.3 is 9.30 Å². The molecule has 3 heterocycles. The molecule has 0 N–H and O–H groups in total. The Kier molecular flexibility index (Phi) is 5.92. The number of nitrogens with zero attached hydrogens (tertiary/aromatic N) is 3. The average molecular weight is 424 g/mol. The van der Waals surface area contributed by atoms with E-state index >= 15 is 0 Å². The van der Waals surface area contributed by atoms with Gasteiger partial charge in [0.05, 0.1) is 30.3 Å². The zero-order chi connectivity index (χ0) is 19.7. The molecule has 1 saturated carbocycles. The van der Waals surface area contributed by atoms with Crippen molar-refractivity contribution in [2.75, 3.05) is 19.4 Å². The summed E-state index contributed by atoms with van der Waals surface area (Å²) in [5, 5.41) is 2.34. The first-order chi connectivity index (χ1) is 13.4. The summed E-state index contributed by atoms with van der Waals surface area (Å²) >= 11 is 1.76. The van der Waals surface area contributed by atoms with E-state index in [0.29, 0.717) is 19.0 Å². The van der Waals surface area contributed by atoms with Gasteiger partial charge in [0.2, 0.25) is 15.0 Å². The zero-order valence-corrected chi connectivity index (χ0v) is 18.3. The van der Waals surface area contributed by atoms with Crippen LogP contribution < -0.4 is 0 Å². The quantitative estimate of drug-likeness (QED) is 0.619. The van der Waals surface area contributed by atoms with Crippen molar-refractivity contribution in [1.29, 1.82) is 0 Å². The van der Waals surface area contributed by atoms with Gasteiger partial charge in [-0.2, -0.15) is 0 Å². The Balaban J connectivity index is 1.55. The van der Waals surface area contributed by atoms with Crippen LogP contribution in [0, 0.1) is 12.8 Å². The van der Waals surface area contributed by atoms with Crippen LogP contribution in [0.15, 0.2) is 22.8 Å². The minimum atomic E-state index is -3.36. The van der Waals surface area contributed by atoms with Gasteiger partial charge in [-0.3, -0.25) is 4.90 Å². The van der Waals surface area contributed by atoms with E-state index < -0.39 is 9.84 Å². The van der Waals surface area contributed by atoms with Gasteiger partial charge in [-0.05, 0) is 62.6 Å². The Morgan fingerprint density at radius 3 is 2.79 bits per heavy atom. The lowest BCUT2D eigenvalue weighted by Gasteiger charge is -2.20. The summed E-state index contributed by atoms with van der Waals surface area (Å²) in [6.07, 6.45) is 5.86.